The minimum atomic E-state index is -3.69. The average molecular weight is 398 g/mol. The lowest BCUT2D eigenvalue weighted by molar-refractivity contribution is 0.536. The molecule has 8 heteroatoms. The Morgan fingerprint density at radius 1 is 1.00 bits per heavy atom. The second kappa shape index (κ2) is 7.27. The Labute approximate surface area is 165 Å². The van der Waals surface area contributed by atoms with Gasteiger partial charge < -0.3 is 9.47 Å². The van der Waals surface area contributed by atoms with Crippen molar-refractivity contribution in [1.82, 2.24) is 14.5 Å². The van der Waals surface area contributed by atoms with Crippen molar-refractivity contribution in [2.24, 2.45) is 0 Å². The van der Waals surface area contributed by atoms with Gasteiger partial charge in [0.1, 0.15) is 16.5 Å². The van der Waals surface area contributed by atoms with Crippen LogP contribution in [0.1, 0.15) is 18.5 Å². The first-order chi connectivity index (χ1) is 13.4. The molecule has 4 rings (SSSR count). The Morgan fingerprint density at radius 3 is 2.46 bits per heavy atom. The predicted octanol–water partition coefficient (Wildman–Crippen LogP) is 3.15. The lowest BCUT2D eigenvalue weighted by Gasteiger charge is -2.16. The van der Waals surface area contributed by atoms with Gasteiger partial charge in [-0.3, -0.25) is 4.72 Å². The second-order valence-electron chi connectivity index (χ2n) is 7.11. The van der Waals surface area contributed by atoms with Gasteiger partial charge in [-0.1, -0.05) is 0 Å². The number of fused-ring (bicyclic) bond motifs is 1. The van der Waals surface area contributed by atoms with E-state index < -0.39 is 10.0 Å². The fourth-order valence-corrected chi connectivity index (χ4v) is 4.37. The van der Waals surface area contributed by atoms with Crippen LogP contribution in [-0.2, 0) is 23.0 Å². The van der Waals surface area contributed by atoms with Crippen LogP contribution in [0.4, 0.5) is 11.5 Å². The van der Waals surface area contributed by atoms with Crippen LogP contribution in [0.15, 0.2) is 53.7 Å². The van der Waals surface area contributed by atoms with Crippen molar-refractivity contribution in [1.29, 1.82) is 0 Å². The lowest BCUT2D eigenvalue weighted by atomic mass is 10.1. The summed E-state index contributed by atoms with van der Waals surface area (Å²) in [7, 11) is 0.0203. The molecule has 7 nitrogen and oxygen atoms in total. The van der Waals surface area contributed by atoms with E-state index in [9.17, 15) is 8.42 Å². The third kappa shape index (κ3) is 3.60. The topological polar surface area (TPSA) is 80.1 Å². The molecule has 1 aliphatic heterocycles. The Kier molecular flexibility index (Phi) is 4.80. The molecule has 0 spiro atoms. The summed E-state index contributed by atoms with van der Waals surface area (Å²) in [5, 5.41) is 0. The molecule has 0 fully saturated rings. The maximum Gasteiger partial charge on any atom is 0.263 e. The van der Waals surface area contributed by atoms with Crippen molar-refractivity contribution in [2.75, 3.05) is 23.7 Å². The van der Waals surface area contributed by atoms with Gasteiger partial charge >= 0.3 is 0 Å². The molecule has 0 atom stereocenters. The van der Waals surface area contributed by atoms with Crippen LogP contribution in [0.3, 0.4) is 0 Å². The molecule has 3 aromatic rings. The van der Waals surface area contributed by atoms with Crippen LogP contribution < -0.4 is 9.62 Å². The van der Waals surface area contributed by atoms with Gasteiger partial charge in [-0.2, -0.15) is 0 Å². The number of pyridine rings is 1. The summed E-state index contributed by atoms with van der Waals surface area (Å²) >= 11 is 0. The van der Waals surface area contributed by atoms with E-state index in [4.69, 9.17) is 0 Å². The maximum atomic E-state index is 12.6. The summed E-state index contributed by atoms with van der Waals surface area (Å²) in [6, 6.07) is 10.6. The number of nitrogens with zero attached hydrogens (tertiary/aromatic N) is 4. The van der Waals surface area contributed by atoms with E-state index in [1.54, 1.807) is 24.3 Å². The predicted molar refractivity (Wildman–Crippen MR) is 110 cm³/mol. The molecule has 0 unspecified atom stereocenters. The molecule has 1 aliphatic rings. The van der Waals surface area contributed by atoms with Gasteiger partial charge in [0.05, 0.1) is 0 Å². The largest absolute Gasteiger partial charge is 0.363 e. The van der Waals surface area contributed by atoms with E-state index in [0.29, 0.717) is 11.5 Å². The molecule has 1 N–H and O–H groups in total. The summed E-state index contributed by atoms with van der Waals surface area (Å²) < 4.78 is 30.1. The Bertz CT molecular complexity index is 1070. The molecule has 1 aromatic carbocycles. The fraction of sp³-hybridized carbons (Fsp3) is 0.300. The molecule has 0 saturated carbocycles. The van der Waals surface area contributed by atoms with Crippen molar-refractivity contribution in [2.45, 2.75) is 30.7 Å². The van der Waals surface area contributed by atoms with Crippen molar-refractivity contribution >= 4 is 21.5 Å². The third-order valence-corrected chi connectivity index (χ3v) is 6.25. The van der Waals surface area contributed by atoms with Gasteiger partial charge in [-0.15, -0.1) is 0 Å². The lowest BCUT2D eigenvalue weighted by Crippen LogP contribution is -2.15. The summed E-state index contributed by atoms with van der Waals surface area (Å²) in [5.41, 5.74) is 2.75. The number of imidazole rings is 1. The Balaban J connectivity index is 1.53. The zero-order chi connectivity index (χ0) is 19.7. The van der Waals surface area contributed by atoms with E-state index in [1.807, 2.05) is 37.3 Å². The molecule has 0 radical (unpaired) electrons. The summed E-state index contributed by atoms with van der Waals surface area (Å²) in [6.45, 7) is 0.981. The highest BCUT2D eigenvalue weighted by Gasteiger charge is 2.17. The van der Waals surface area contributed by atoms with Gasteiger partial charge in [0, 0.05) is 50.0 Å². The number of benzene rings is 1. The highest BCUT2D eigenvalue weighted by molar-refractivity contribution is 7.92. The van der Waals surface area contributed by atoms with Crippen molar-refractivity contribution < 1.29 is 8.42 Å². The molecular formula is C20H23N5O2S. The Hall–Kier alpha value is -2.87. The number of rotatable bonds is 5. The monoisotopic (exact) mass is 397 g/mol. The van der Waals surface area contributed by atoms with E-state index in [1.165, 1.54) is 18.3 Å². The van der Waals surface area contributed by atoms with Gasteiger partial charge in [0.25, 0.3) is 10.0 Å². The highest BCUT2D eigenvalue weighted by atomic mass is 32.2. The number of aryl methyl sites for hydroxylation is 1. The molecule has 146 valence electrons. The average Bonchev–Trinajstić information content (AvgIpc) is 3.12. The van der Waals surface area contributed by atoms with Crippen molar-refractivity contribution in [3.05, 3.63) is 54.5 Å². The van der Waals surface area contributed by atoms with E-state index in [2.05, 4.69) is 19.3 Å². The normalized spacial score (nSPS) is 13.8. The van der Waals surface area contributed by atoms with Crippen LogP contribution in [0, 0.1) is 0 Å². The first-order valence-electron chi connectivity index (χ1n) is 9.25. The first kappa shape index (κ1) is 18.5. The molecule has 0 saturated heterocycles. The van der Waals surface area contributed by atoms with Crippen molar-refractivity contribution in [3.63, 3.8) is 0 Å². The zero-order valence-corrected chi connectivity index (χ0v) is 16.8. The van der Waals surface area contributed by atoms with Crippen molar-refractivity contribution in [3.8, 4) is 11.4 Å². The van der Waals surface area contributed by atoms with Gasteiger partial charge in [0.2, 0.25) is 0 Å². The minimum absolute atomic E-state index is 0.129. The maximum absolute atomic E-state index is 12.6. The molecule has 3 heterocycles. The van der Waals surface area contributed by atoms with Gasteiger partial charge in [-0.25, -0.2) is 18.4 Å². The molecule has 0 amide bonds. The van der Waals surface area contributed by atoms with Crippen LogP contribution in [0.25, 0.3) is 11.4 Å². The Morgan fingerprint density at radius 2 is 1.79 bits per heavy atom. The van der Waals surface area contributed by atoms with Crippen LogP contribution in [-0.4, -0.2) is 37.0 Å². The van der Waals surface area contributed by atoms with Crippen LogP contribution >= 0.6 is 0 Å². The van der Waals surface area contributed by atoms with E-state index in [0.717, 1.165) is 30.8 Å². The van der Waals surface area contributed by atoms with Gasteiger partial charge in [-0.05, 0) is 55.7 Å². The SMILES string of the molecule is CN(C)c1ccc(S(=O)(=O)Nc2ccc(-c3ncc4n3CCCC4)cc2)cn1. The number of nitrogens with one attached hydrogen (secondary N) is 1. The highest BCUT2D eigenvalue weighted by Crippen LogP contribution is 2.26. The summed E-state index contributed by atoms with van der Waals surface area (Å²) in [5.74, 6) is 1.64. The first-order valence-corrected chi connectivity index (χ1v) is 10.7. The zero-order valence-electron chi connectivity index (χ0n) is 16.0. The van der Waals surface area contributed by atoms with Gasteiger partial charge in [0.15, 0.2) is 0 Å². The number of sulfonamides is 1. The smallest absolute Gasteiger partial charge is 0.263 e. The second-order valence-corrected chi connectivity index (χ2v) is 8.79. The standard InChI is InChI=1S/C20H23N5O2S/c1-24(2)19-11-10-18(14-21-19)28(26,27)23-16-8-6-15(7-9-16)20-22-13-17-5-3-4-12-25(17)20/h6-11,13-14,23H,3-5,12H2,1-2H3. The number of hydrogen-bond donors (Lipinski definition) is 1. The quantitative estimate of drug-likeness (QED) is 0.715. The third-order valence-electron chi connectivity index (χ3n) is 4.89. The van der Waals surface area contributed by atoms with E-state index in [-0.39, 0.29) is 4.90 Å². The molecule has 0 aliphatic carbocycles. The van der Waals surface area contributed by atoms with Crippen LogP contribution in [0.5, 0.6) is 0 Å². The molecule has 2 aromatic heterocycles. The van der Waals surface area contributed by atoms with E-state index >= 15 is 0 Å². The summed E-state index contributed by atoms with van der Waals surface area (Å²) in [4.78, 5) is 10.7. The fourth-order valence-electron chi connectivity index (χ4n) is 3.36. The molecule has 0 bridgehead atoms. The summed E-state index contributed by atoms with van der Waals surface area (Å²) in [6.07, 6.45) is 6.73. The number of anilines is 2. The number of aromatic nitrogens is 3. The molecule has 28 heavy (non-hydrogen) atoms. The van der Waals surface area contributed by atoms with Crippen LogP contribution in [0.2, 0.25) is 0 Å². The number of hydrogen-bond acceptors (Lipinski definition) is 5. The molecular weight excluding hydrogens is 374 g/mol. The minimum Gasteiger partial charge on any atom is -0.363 e.